The fourth-order valence-electron chi connectivity index (χ4n) is 3.50. The van der Waals surface area contributed by atoms with E-state index in [4.69, 9.17) is 0 Å². The minimum Gasteiger partial charge on any atom is -0.352 e. The lowest BCUT2D eigenvalue weighted by Gasteiger charge is -2.33. The molecule has 104 valence electrons. The van der Waals surface area contributed by atoms with Gasteiger partial charge in [0, 0.05) is 12.1 Å². The Morgan fingerprint density at radius 3 is 2.50 bits per heavy atom. The number of nitrogens with one attached hydrogen (secondary N) is 2. The summed E-state index contributed by atoms with van der Waals surface area (Å²) in [6, 6.07) is 0.985. The van der Waals surface area contributed by atoms with Crippen LogP contribution in [0.3, 0.4) is 0 Å². The topological polar surface area (TPSA) is 41.1 Å². The van der Waals surface area contributed by atoms with Crippen LogP contribution < -0.4 is 10.6 Å². The van der Waals surface area contributed by atoms with Gasteiger partial charge in [0.05, 0.1) is 6.54 Å². The first-order valence-corrected chi connectivity index (χ1v) is 7.68. The molecule has 2 saturated carbocycles. The number of carbonyl (C=O) groups is 1. The molecule has 2 N–H and O–H groups in total. The Hall–Kier alpha value is -0.570. The van der Waals surface area contributed by atoms with E-state index in [1.807, 2.05) is 0 Å². The second-order valence-electron chi connectivity index (χ2n) is 6.43. The van der Waals surface area contributed by atoms with E-state index >= 15 is 0 Å². The highest BCUT2D eigenvalue weighted by atomic mass is 16.2. The zero-order valence-electron chi connectivity index (χ0n) is 11.9. The number of carbonyl (C=O) groups excluding carboxylic acids is 1. The van der Waals surface area contributed by atoms with Gasteiger partial charge in [-0.1, -0.05) is 26.7 Å². The highest BCUT2D eigenvalue weighted by Crippen LogP contribution is 2.28. The maximum atomic E-state index is 11.9. The molecule has 0 saturated heterocycles. The summed E-state index contributed by atoms with van der Waals surface area (Å²) >= 11 is 0. The van der Waals surface area contributed by atoms with Crippen LogP contribution in [0.15, 0.2) is 0 Å². The van der Waals surface area contributed by atoms with Crippen molar-refractivity contribution in [2.24, 2.45) is 11.8 Å². The summed E-state index contributed by atoms with van der Waals surface area (Å²) < 4.78 is 0. The van der Waals surface area contributed by atoms with Gasteiger partial charge in [-0.3, -0.25) is 4.79 Å². The Balaban J connectivity index is 1.66. The van der Waals surface area contributed by atoms with Crippen molar-refractivity contribution in [2.45, 2.75) is 70.9 Å². The quantitative estimate of drug-likeness (QED) is 0.807. The van der Waals surface area contributed by atoms with Gasteiger partial charge in [-0.25, -0.2) is 0 Å². The van der Waals surface area contributed by atoms with Crippen LogP contribution in [-0.2, 0) is 4.79 Å². The molecule has 0 aromatic rings. The second-order valence-corrected chi connectivity index (χ2v) is 6.43. The van der Waals surface area contributed by atoms with Gasteiger partial charge in [-0.05, 0) is 43.9 Å². The third-order valence-electron chi connectivity index (χ3n) is 4.68. The van der Waals surface area contributed by atoms with Gasteiger partial charge in [0.2, 0.25) is 5.91 Å². The van der Waals surface area contributed by atoms with Gasteiger partial charge in [-0.15, -0.1) is 0 Å². The second kappa shape index (κ2) is 6.55. The summed E-state index contributed by atoms with van der Waals surface area (Å²) in [4.78, 5) is 11.9. The van der Waals surface area contributed by atoms with Crippen molar-refractivity contribution in [2.75, 3.05) is 6.54 Å². The Morgan fingerprint density at radius 2 is 1.83 bits per heavy atom. The average molecular weight is 252 g/mol. The molecule has 1 amide bonds. The van der Waals surface area contributed by atoms with Crippen molar-refractivity contribution in [3.05, 3.63) is 0 Å². The Kier molecular flexibility index (Phi) is 5.04. The standard InChI is InChI=1S/C15H28N2O/c1-11-7-8-14(12(2)9-11)17-15(18)10-16-13-5-3-4-6-13/h11-14,16H,3-10H2,1-2H3,(H,17,18). The van der Waals surface area contributed by atoms with Crippen LogP contribution in [0.2, 0.25) is 0 Å². The molecule has 3 nitrogen and oxygen atoms in total. The van der Waals surface area contributed by atoms with Gasteiger partial charge < -0.3 is 10.6 Å². The fourth-order valence-corrected chi connectivity index (χ4v) is 3.50. The summed E-state index contributed by atoms with van der Waals surface area (Å²) in [6.45, 7) is 5.09. The van der Waals surface area contributed by atoms with Gasteiger partial charge in [0.25, 0.3) is 0 Å². The summed E-state index contributed by atoms with van der Waals surface area (Å²) in [5.41, 5.74) is 0. The van der Waals surface area contributed by atoms with E-state index in [-0.39, 0.29) is 5.91 Å². The lowest BCUT2D eigenvalue weighted by Crippen LogP contribution is -2.46. The maximum Gasteiger partial charge on any atom is 0.234 e. The molecule has 0 radical (unpaired) electrons. The van der Waals surface area contributed by atoms with Crippen LogP contribution in [0.25, 0.3) is 0 Å². The molecular weight excluding hydrogens is 224 g/mol. The average Bonchev–Trinajstić information content (AvgIpc) is 2.83. The summed E-state index contributed by atoms with van der Waals surface area (Å²) in [7, 11) is 0. The van der Waals surface area contributed by atoms with Crippen LogP contribution >= 0.6 is 0 Å². The number of hydrogen-bond donors (Lipinski definition) is 2. The summed E-state index contributed by atoms with van der Waals surface area (Å²) in [5.74, 6) is 1.64. The Morgan fingerprint density at radius 1 is 1.11 bits per heavy atom. The van der Waals surface area contributed by atoms with Crippen molar-refractivity contribution in [1.82, 2.24) is 10.6 Å². The van der Waals surface area contributed by atoms with Crippen LogP contribution in [-0.4, -0.2) is 24.5 Å². The SMILES string of the molecule is CC1CCC(NC(=O)CNC2CCCC2)C(C)C1. The zero-order valence-corrected chi connectivity index (χ0v) is 11.9. The molecule has 0 heterocycles. The minimum atomic E-state index is 0.188. The molecule has 3 unspecified atom stereocenters. The van der Waals surface area contributed by atoms with E-state index < -0.39 is 0 Å². The van der Waals surface area contributed by atoms with Crippen molar-refractivity contribution < 1.29 is 4.79 Å². The monoisotopic (exact) mass is 252 g/mol. The fraction of sp³-hybridized carbons (Fsp3) is 0.933. The molecule has 0 aromatic heterocycles. The Bertz CT molecular complexity index is 274. The zero-order chi connectivity index (χ0) is 13.0. The molecule has 2 aliphatic carbocycles. The molecule has 2 aliphatic rings. The van der Waals surface area contributed by atoms with Crippen LogP contribution in [0.1, 0.15) is 58.8 Å². The van der Waals surface area contributed by atoms with Crippen molar-refractivity contribution in [3.8, 4) is 0 Å². The van der Waals surface area contributed by atoms with Crippen molar-refractivity contribution in [1.29, 1.82) is 0 Å². The minimum absolute atomic E-state index is 0.188. The lowest BCUT2D eigenvalue weighted by atomic mass is 9.80. The molecule has 3 atom stereocenters. The van der Waals surface area contributed by atoms with Crippen molar-refractivity contribution >= 4 is 5.91 Å². The molecule has 0 aromatic carbocycles. The van der Waals surface area contributed by atoms with E-state index in [1.54, 1.807) is 0 Å². The molecule has 0 bridgehead atoms. The third-order valence-corrected chi connectivity index (χ3v) is 4.68. The molecule has 3 heteroatoms. The predicted octanol–water partition coefficient (Wildman–Crippen LogP) is 2.46. The molecule has 0 aliphatic heterocycles. The van der Waals surface area contributed by atoms with E-state index in [0.717, 1.165) is 12.3 Å². The molecule has 2 rings (SSSR count). The first-order valence-electron chi connectivity index (χ1n) is 7.68. The van der Waals surface area contributed by atoms with E-state index in [2.05, 4.69) is 24.5 Å². The third kappa shape index (κ3) is 3.98. The normalized spacial score (nSPS) is 33.6. The van der Waals surface area contributed by atoms with Gasteiger partial charge in [-0.2, -0.15) is 0 Å². The van der Waals surface area contributed by atoms with Crippen LogP contribution in [0, 0.1) is 11.8 Å². The van der Waals surface area contributed by atoms with Gasteiger partial charge >= 0.3 is 0 Å². The predicted molar refractivity (Wildman–Crippen MR) is 74.4 cm³/mol. The number of hydrogen-bond acceptors (Lipinski definition) is 2. The largest absolute Gasteiger partial charge is 0.352 e. The van der Waals surface area contributed by atoms with Gasteiger partial charge in [0.1, 0.15) is 0 Å². The smallest absolute Gasteiger partial charge is 0.234 e. The summed E-state index contributed by atoms with van der Waals surface area (Å²) in [5, 5.41) is 6.59. The first kappa shape index (κ1) is 13.9. The maximum absolute atomic E-state index is 11.9. The number of amides is 1. The molecule has 2 fully saturated rings. The Labute approximate surface area is 111 Å². The molecule has 18 heavy (non-hydrogen) atoms. The lowest BCUT2D eigenvalue weighted by molar-refractivity contribution is -0.121. The van der Waals surface area contributed by atoms with Crippen LogP contribution in [0.5, 0.6) is 0 Å². The molecule has 0 spiro atoms. The van der Waals surface area contributed by atoms with E-state index in [9.17, 15) is 4.79 Å². The van der Waals surface area contributed by atoms with E-state index in [0.29, 0.717) is 24.5 Å². The first-order chi connectivity index (χ1) is 8.65. The highest BCUT2D eigenvalue weighted by Gasteiger charge is 2.26. The van der Waals surface area contributed by atoms with E-state index in [1.165, 1.54) is 38.5 Å². The summed E-state index contributed by atoms with van der Waals surface area (Å²) in [6.07, 6.45) is 8.77. The van der Waals surface area contributed by atoms with Crippen LogP contribution in [0.4, 0.5) is 0 Å². The highest BCUT2D eigenvalue weighted by molar-refractivity contribution is 5.78. The molecular formula is C15H28N2O. The number of rotatable bonds is 4. The van der Waals surface area contributed by atoms with Crippen molar-refractivity contribution in [3.63, 3.8) is 0 Å². The van der Waals surface area contributed by atoms with Gasteiger partial charge in [0.15, 0.2) is 0 Å².